The fourth-order valence-electron chi connectivity index (χ4n) is 3.95. The van der Waals surface area contributed by atoms with Crippen molar-refractivity contribution in [1.82, 2.24) is 0 Å². The molecule has 188 valence electrons. The molecule has 0 aliphatic carbocycles. The second kappa shape index (κ2) is 20.7. The molecule has 0 amide bonds. The third-order valence-corrected chi connectivity index (χ3v) is 5.99. The number of unbranched alkanes of at least 4 members (excludes halogenated alkanes) is 14. The second-order valence-electron chi connectivity index (χ2n) is 9.31. The van der Waals surface area contributed by atoms with Crippen LogP contribution in [0.4, 0.5) is 0 Å². The summed E-state index contributed by atoms with van der Waals surface area (Å²) in [6, 6.07) is 7.56. The van der Waals surface area contributed by atoms with E-state index < -0.39 is 0 Å². The summed E-state index contributed by atoms with van der Waals surface area (Å²) in [5.74, 6) is 0.413. The largest absolute Gasteiger partial charge is 0.466 e. The number of rotatable bonds is 21. The molecule has 0 saturated carbocycles. The van der Waals surface area contributed by atoms with E-state index in [-0.39, 0.29) is 11.9 Å². The maximum atomic E-state index is 11.9. The summed E-state index contributed by atoms with van der Waals surface area (Å²) in [7, 11) is 0. The number of aryl methyl sites for hydroxylation is 1. The molecular formula is C29H48O4. The standard InChI is InChI=1S/C29H48O4/c1-3-4-5-6-7-8-9-12-15-18-24-32-28(30)22-16-13-10-11-14-17-23-29(31)33-27-21-19-20-26(2)25-27/h19-21,25H,3-18,22-24H2,1-2H3. The van der Waals surface area contributed by atoms with Crippen molar-refractivity contribution >= 4 is 11.9 Å². The lowest BCUT2D eigenvalue weighted by Crippen LogP contribution is -2.07. The number of hydrogen-bond acceptors (Lipinski definition) is 4. The highest BCUT2D eigenvalue weighted by atomic mass is 16.5. The van der Waals surface area contributed by atoms with Gasteiger partial charge in [0.15, 0.2) is 0 Å². The summed E-state index contributed by atoms with van der Waals surface area (Å²) in [6.45, 7) is 4.81. The highest BCUT2D eigenvalue weighted by molar-refractivity contribution is 5.72. The van der Waals surface area contributed by atoms with Crippen LogP contribution in [0.5, 0.6) is 5.75 Å². The second-order valence-corrected chi connectivity index (χ2v) is 9.31. The molecule has 4 heteroatoms. The van der Waals surface area contributed by atoms with E-state index in [1.165, 1.54) is 57.8 Å². The Kier molecular flexibility index (Phi) is 18.4. The molecule has 33 heavy (non-hydrogen) atoms. The normalized spacial score (nSPS) is 10.8. The number of carbonyl (C=O) groups is 2. The van der Waals surface area contributed by atoms with Gasteiger partial charge in [-0.3, -0.25) is 9.59 Å². The van der Waals surface area contributed by atoms with E-state index in [0.717, 1.165) is 50.5 Å². The molecule has 4 nitrogen and oxygen atoms in total. The quantitative estimate of drug-likeness (QED) is 0.105. The van der Waals surface area contributed by atoms with Gasteiger partial charge in [0.25, 0.3) is 0 Å². The Morgan fingerprint density at radius 3 is 1.76 bits per heavy atom. The van der Waals surface area contributed by atoms with Gasteiger partial charge in [0.05, 0.1) is 6.61 Å². The number of esters is 2. The highest BCUT2D eigenvalue weighted by Gasteiger charge is 2.05. The molecule has 0 heterocycles. The Hall–Kier alpha value is -1.84. The van der Waals surface area contributed by atoms with Gasteiger partial charge in [0, 0.05) is 12.8 Å². The van der Waals surface area contributed by atoms with Gasteiger partial charge in [-0.05, 0) is 43.9 Å². The molecule has 0 atom stereocenters. The summed E-state index contributed by atoms with van der Waals surface area (Å²) in [5.41, 5.74) is 1.09. The first-order valence-corrected chi connectivity index (χ1v) is 13.5. The molecule has 1 aromatic rings. The third kappa shape index (κ3) is 18.3. The average Bonchev–Trinajstić information content (AvgIpc) is 2.79. The van der Waals surface area contributed by atoms with E-state index in [4.69, 9.17) is 9.47 Å². The molecule has 0 N–H and O–H groups in total. The molecule has 1 aromatic carbocycles. The summed E-state index contributed by atoms with van der Waals surface area (Å²) >= 11 is 0. The van der Waals surface area contributed by atoms with Crippen molar-refractivity contribution in [2.75, 3.05) is 6.61 Å². The zero-order valence-electron chi connectivity index (χ0n) is 21.4. The van der Waals surface area contributed by atoms with Crippen molar-refractivity contribution in [2.45, 2.75) is 129 Å². The fourth-order valence-corrected chi connectivity index (χ4v) is 3.95. The van der Waals surface area contributed by atoms with Crippen LogP contribution in [0.25, 0.3) is 0 Å². The van der Waals surface area contributed by atoms with Crippen LogP contribution in [0.15, 0.2) is 24.3 Å². The maximum absolute atomic E-state index is 11.9. The van der Waals surface area contributed by atoms with Crippen LogP contribution in [0.2, 0.25) is 0 Å². The minimum atomic E-state index is -0.161. The van der Waals surface area contributed by atoms with E-state index in [9.17, 15) is 9.59 Å². The number of benzene rings is 1. The van der Waals surface area contributed by atoms with Gasteiger partial charge in [0.2, 0.25) is 0 Å². The molecule has 0 aliphatic heterocycles. The van der Waals surface area contributed by atoms with Crippen molar-refractivity contribution in [3.8, 4) is 5.75 Å². The van der Waals surface area contributed by atoms with Gasteiger partial charge >= 0.3 is 11.9 Å². The van der Waals surface area contributed by atoms with Gasteiger partial charge in [-0.15, -0.1) is 0 Å². The Labute approximate surface area is 202 Å². The smallest absolute Gasteiger partial charge is 0.311 e. The number of ether oxygens (including phenoxy) is 2. The van der Waals surface area contributed by atoms with Crippen molar-refractivity contribution in [1.29, 1.82) is 0 Å². The molecule has 1 rings (SSSR count). The van der Waals surface area contributed by atoms with Crippen molar-refractivity contribution in [2.24, 2.45) is 0 Å². The van der Waals surface area contributed by atoms with Gasteiger partial charge < -0.3 is 9.47 Å². The van der Waals surface area contributed by atoms with Gasteiger partial charge in [-0.25, -0.2) is 0 Å². The van der Waals surface area contributed by atoms with Crippen molar-refractivity contribution in [3.63, 3.8) is 0 Å². The van der Waals surface area contributed by atoms with Crippen LogP contribution in [0.1, 0.15) is 128 Å². The van der Waals surface area contributed by atoms with E-state index in [1.807, 2.05) is 31.2 Å². The lowest BCUT2D eigenvalue weighted by Gasteiger charge is -2.06. The first kappa shape index (κ1) is 29.2. The predicted octanol–water partition coefficient (Wildman–Crippen LogP) is 8.49. The lowest BCUT2D eigenvalue weighted by atomic mass is 10.1. The van der Waals surface area contributed by atoms with Gasteiger partial charge in [-0.2, -0.15) is 0 Å². The molecule has 0 aromatic heterocycles. The van der Waals surface area contributed by atoms with Crippen molar-refractivity contribution < 1.29 is 19.1 Å². The summed E-state index contributed by atoms with van der Waals surface area (Å²) < 4.78 is 10.7. The first-order chi connectivity index (χ1) is 16.1. The lowest BCUT2D eigenvalue weighted by molar-refractivity contribution is -0.144. The molecule has 0 spiro atoms. The summed E-state index contributed by atoms with van der Waals surface area (Å²) in [6.07, 6.45) is 19.9. The van der Waals surface area contributed by atoms with E-state index in [0.29, 0.717) is 25.2 Å². The number of hydrogen-bond donors (Lipinski definition) is 0. The monoisotopic (exact) mass is 460 g/mol. The summed E-state index contributed by atoms with van der Waals surface area (Å²) in [5, 5.41) is 0. The van der Waals surface area contributed by atoms with E-state index >= 15 is 0 Å². The first-order valence-electron chi connectivity index (χ1n) is 13.5. The summed E-state index contributed by atoms with van der Waals surface area (Å²) in [4.78, 5) is 23.7. The molecule has 0 fully saturated rings. The van der Waals surface area contributed by atoms with E-state index in [1.54, 1.807) is 0 Å². The molecule has 0 radical (unpaired) electrons. The predicted molar refractivity (Wildman–Crippen MR) is 137 cm³/mol. The Morgan fingerprint density at radius 1 is 0.667 bits per heavy atom. The van der Waals surface area contributed by atoms with Crippen LogP contribution < -0.4 is 4.74 Å². The third-order valence-electron chi connectivity index (χ3n) is 5.99. The maximum Gasteiger partial charge on any atom is 0.311 e. The topological polar surface area (TPSA) is 52.6 Å². The zero-order chi connectivity index (χ0) is 24.0. The van der Waals surface area contributed by atoms with Crippen LogP contribution >= 0.6 is 0 Å². The van der Waals surface area contributed by atoms with Crippen LogP contribution in [0, 0.1) is 6.92 Å². The molecule has 0 unspecified atom stereocenters. The Balaban J connectivity index is 1.82. The SMILES string of the molecule is CCCCCCCCCCCCOC(=O)CCCCCCCCC(=O)Oc1cccc(C)c1. The fraction of sp³-hybridized carbons (Fsp3) is 0.724. The van der Waals surface area contributed by atoms with Gasteiger partial charge in [0.1, 0.15) is 5.75 Å². The van der Waals surface area contributed by atoms with E-state index in [2.05, 4.69) is 6.92 Å². The molecule has 0 aliphatic rings. The highest BCUT2D eigenvalue weighted by Crippen LogP contribution is 2.15. The molecule has 0 saturated heterocycles. The van der Waals surface area contributed by atoms with Crippen LogP contribution in [-0.4, -0.2) is 18.5 Å². The molecular weight excluding hydrogens is 412 g/mol. The van der Waals surface area contributed by atoms with Gasteiger partial charge in [-0.1, -0.05) is 103 Å². The van der Waals surface area contributed by atoms with Crippen LogP contribution in [0.3, 0.4) is 0 Å². The number of carbonyl (C=O) groups excluding carboxylic acids is 2. The Morgan fingerprint density at radius 2 is 1.18 bits per heavy atom. The minimum absolute atomic E-state index is 0.0511. The molecule has 0 bridgehead atoms. The minimum Gasteiger partial charge on any atom is -0.466 e. The average molecular weight is 461 g/mol. The van der Waals surface area contributed by atoms with Crippen LogP contribution in [-0.2, 0) is 14.3 Å². The Bertz CT molecular complexity index is 626. The zero-order valence-corrected chi connectivity index (χ0v) is 21.4. The van der Waals surface area contributed by atoms with Crippen molar-refractivity contribution in [3.05, 3.63) is 29.8 Å².